The Kier molecular flexibility index (Phi) is 25.2. The first kappa shape index (κ1) is 59.4. The van der Waals surface area contributed by atoms with Gasteiger partial charge in [0.05, 0.1) is 12.5 Å². The number of aliphatic imine (C=N–C) groups is 1. The van der Waals surface area contributed by atoms with Crippen LogP contribution >= 0.6 is 0 Å². The molecule has 3 aromatic rings. The summed E-state index contributed by atoms with van der Waals surface area (Å²) in [7, 11) is 0. The number of primary amides is 1. The molecule has 22 nitrogen and oxygen atoms in total. The Labute approximate surface area is 432 Å². The summed E-state index contributed by atoms with van der Waals surface area (Å²) in [6.45, 7) is 2.02. The molecule has 2 heterocycles. The molecule has 0 spiro atoms. The minimum absolute atomic E-state index is 0.0191. The molecular formula is C52H77N13O9. The molecule has 1 aromatic heterocycles. The summed E-state index contributed by atoms with van der Waals surface area (Å²) < 4.78 is 0. The summed E-state index contributed by atoms with van der Waals surface area (Å²) in [5, 5.41) is 17.1. The van der Waals surface area contributed by atoms with Crippen LogP contribution in [0.5, 0.6) is 0 Å². The third kappa shape index (κ3) is 20.4. The average molecular weight is 1030 g/mol. The van der Waals surface area contributed by atoms with Gasteiger partial charge in [-0.05, 0) is 107 Å². The van der Waals surface area contributed by atoms with E-state index < -0.39 is 95.6 Å². The van der Waals surface area contributed by atoms with Crippen LogP contribution < -0.4 is 60.6 Å². The molecule has 22 heteroatoms. The Hall–Kier alpha value is -7.20. The van der Waals surface area contributed by atoms with Crippen LogP contribution in [-0.2, 0) is 56.0 Å². The van der Waals surface area contributed by atoms with Gasteiger partial charge in [0.15, 0.2) is 11.7 Å². The quantitative estimate of drug-likeness (QED) is 0.0405. The van der Waals surface area contributed by atoms with Gasteiger partial charge in [0, 0.05) is 61.8 Å². The van der Waals surface area contributed by atoms with Crippen molar-refractivity contribution in [1.29, 1.82) is 0 Å². The maximum absolute atomic E-state index is 14.7. The molecule has 7 amide bonds. The van der Waals surface area contributed by atoms with Crippen molar-refractivity contribution < 1.29 is 43.2 Å². The lowest BCUT2D eigenvalue weighted by Gasteiger charge is -2.27. The lowest BCUT2D eigenvalue weighted by atomic mass is 9.83. The van der Waals surface area contributed by atoms with Crippen LogP contribution in [0.25, 0.3) is 10.9 Å². The van der Waals surface area contributed by atoms with Gasteiger partial charge in [-0.2, -0.15) is 0 Å². The van der Waals surface area contributed by atoms with Crippen LogP contribution in [0, 0.1) is 11.8 Å². The third-order valence-corrected chi connectivity index (χ3v) is 13.0. The van der Waals surface area contributed by atoms with Gasteiger partial charge >= 0.3 is 0 Å². The molecule has 1 aliphatic heterocycles. The molecular weight excluding hydrogens is 951 g/mol. The number of carbonyl (C=O) groups excluding carboxylic acids is 9. The second kappa shape index (κ2) is 31.4. The number of nitrogens with zero attached hydrogens (tertiary/aromatic N) is 1. The number of aromatic amines is 1. The maximum Gasteiger partial charge on any atom is 0.243 e. The Morgan fingerprint density at radius 2 is 1.39 bits per heavy atom. The molecule has 0 radical (unpaired) electrons. The number of Topliss-reactive ketones (excluding diaryl/α,β-unsaturated/α-hetero) is 2. The number of nitrogens with two attached hydrogens (primary N) is 5. The van der Waals surface area contributed by atoms with Gasteiger partial charge in [0.2, 0.25) is 41.4 Å². The molecule has 4 rings (SSSR count). The van der Waals surface area contributed by atoms with Gasteiger partial charge < -0.3 is 65.6 Å². The van der Waals surface area contributed by atoms with E-state index in [0.29, 0.717) is 50.6 Å². The smallest absolute Gasteiger partial charge is 0.243 e. The summed E-state index contributed by atoms with van der Waals surface area (Å²) in [6, 6.07) is 10.1. The first-order valence-electron chi connectivity index (χ1n) is 25.6. The number of hydrogen-bond acceptors (Lipinski definition) is 12. The van der Waals surface area contributed by atoms with Crippen molar-refractivity contribution in [2.24, 2.45) is 45.5 Å². The van der Waals surface area contributed by atoms with E-state index in [1.165, 1.54) is 6.92 Å². The number of ketones is 2. The largest absolute Gasteiger partial charge is 0.370 e. The highest BCUT2D eigenvalue weighted by molar-refractivity contribution is 5.99. The van der Waals surface area contributed by atoms with Crippen molar-refractivity contribution in [2.75, 3.05) is 26.2 Å². The Morgan fingerprint density at radius 3 is 2.08 bits per heavy atom. The second-order valence-electron chi connectivity index (χ2n) is 19.0. The molecule has 0 unspecified atom stereocenters. The van der Waals surface area contributed by atoms with Gasteiger partial charge in [-0.1, -0.05) is 55.0 Å². The van der Waals surface area contributed by atoms with Gasteiger partial charge in [0.25, 0.3) is 0 Å². The first-order valence-corrected chi connectivity index (χ1v) is 25.6. The Balaban J connectivity index is 1.76. The predicted molar refractivity (Wildman–Crippen MR) is 280 cm³/mol. The molecule has 7 atom stereocenters. The fourth-order valence-corrected chi connectivity index (χ4v) is 8.96. The van der Waals surface area contributed by atoms with Crippen LogP contribution in [0.4, 0.5) is 0 Å². The fourth-order valence-electron chi connectivity index (χ4n) is 8.96. The van der Waals surface area contributed by atoms with Crippen LogP contribution in [0.3, 0.4) is 0 Å². The third-order valence-electron chi connectivity index (χ3n) is 13.0. The first-order chi connectivity index (χ1) is 35.5. The van der Waals surface area contributed by atoms with Crippen molar-refractivity contribution in [2.45, 2.75) is 140 Å². The lowest BCUT2D eigenvalue weighted by Crippen LogP contribution is -2.58. The second-order valence-corrected chi connectivity index (χ2v) is 19.0. The van der Waals surface area contributed by atoms with Gasteiger partial charge in [0.1, 0.15) is 30.0 Å². The number of para-hydroxylation sites is 1. The van der Waals surface area contributed by atoms with Gasteiger partial charge in [-0.3, -0.25) is 48.1 Å². The predicted octanol–water partition coefficient (Wildman–Crippen LogP) is 0.0349. The van der Waals surface area contributed by atoms with Crippen molar-refractivity contribution in [1.82, 2.24) is 36.9 Å². The number of rotatable bonds is 20. The minimum atomic E-state index is -1.57. The zero-order valence-electron chi connectivity index (χ0n) is 42.5. The number of amides is 7. The number of aromatic nitrogens is 1. The number of H-pyrrole nitrogens is 1. The fraction of sp³-hybridized carbons (Fsp3) is 0.538. The Bertz CT molecular complexity index is 2390. The highest BCUT2D eigenvalue weighted by Gasteiger charge is 2.35. The summed E-state index contributed by atoms with van der Waals surface area (Å²) >= 11 is 0. The number of benzene rings is 2. The SMILES string of the molecule is CC(=O)N[C@@H](CCCN=C(N)N)C(=O)N[C@H]1CC(=O)NCCCC[C@@H](C(N)=O)NC(=O)[C@H](Cc2c[nH]c3ccccc23)CC(=O)[C@H](CCCCN)CC(=O)[C@@H](Cc2ccccc2)NC(=O)[C@H](CCCCN)NC1=O. The summed E-state index contributed by atoms with van der Waals surface area (Å²) in [4.78, 5) is 132. The van der Waals surface area contributed by atoms with Crippen LogP contribution in [0.1, 0.15) is 108 Å². The normalized spacial score (nSPS) is 21.6. The number of hydrogen-bond donors (Lipinski definition) is 12. The molecule has 0 saturated carbocycles. The summed E-state index contributed by atoms with van der Waals surface area (Å²) in [6.07, 6.45) is 3.93. The van der Waals surface area contributed by atoms with E-state index in [1.54, 1.807) is 36.5 Å². The van der Waals surface area contributed by atoms with Crippen molar-refractivity contribution in [3.8, 4) is 0 Å². The number of fused-ring (bicyclic) bond motifs is 1. The highest BCUT2D eigenvalue weighted by Crippen LogP contribution is 2.26. The van der Waals surface area contributed by atoms with Gasteiger partial charge in [-0.15, -0.1) is 0 Å². The van der Waals surface area contributed by atoms with Crippen molar-refractivity contribution in [3.63, 3.8) is 0 Å². The van der Waals surface area contributed by atoms with E-state index in [1.807, 2.05) is 24.3 Å². The molecule has 17 N–H and O–H groups in total. The van der Waals surface area contributed by atoms with Crippen molar-refractivity contribution >= 4 is 69.8 Å². The molecule has 0 bridgehead atoms. The Morgan fingerprint density at radius 1 is 0.716 bits per heavy atom. The highest BCUT2D eigenvalue weighted by atomic mass is 16.2. The van der Waals surface area contributed by atoms with E-state index in [-0.39, 0.29) is 89.2 Å². The maximum atomic E-state index is 14.7. The molecule has 74 heavy (non-hydrogen) atoms. The standard InChI is InChI=1S/C52H77N13O9/c1-32(66)61-40(21-13-25-59-52(56)57)49(72)65-43-30-46(69)58-24-12-9-19-39(47(55)70)62-48(71)35(27-36-31-60-38-18-6-5-17-37(36)38)29-44(67)34(16-7-10-22-53)28-45(68)42(26-33-14-3-2-4-15-33)64-50(73)41(63-51(43)74)20-8-11-23-54/h2-6,14-15,17-18,31,34-35,39-43,60H,7-13,16,19-30,53-54H2,1H3,(H2,55,70)(H,58,69)(H,61,66)(H,62,71)(H,63,74)(H,64,73)(H,65,72)(H4,56,57,59)/t34-,35-,39+,40+,41+,42-,43+/m1/s1. The zero-order valence-corrected chi connectivity index (χ0v) is 42.5. The number of nitrogens with one attached hydrogen (secondary N) is 7. The van der Waals surface area contributed by atoms with Crippen molar-refractivity contribution in [3.05, 3.63) is 71.9 Å². The summed E-state index contributed by atoms with van der Waals surface area (Å²) in [5.74, 6) is -7.90. The number of guanidine groups is 1. The average Bonchev–Trinajstić information content (AvgIpc) is 3.77. The molecule has 2 aromatic carbocycles. The summed E-state index contributed by atoms with van der Waals surface area (Å²) in [5.41, 5.74) is 30.7. The van der Waals surface area contributed by atoms with Crippen LogP contribution in [0.2, 0.25) is 0 Å². The van der Waals surface area contributed by atoms with E-state index in [9.17, 15) is 43.2 Å². The minimum Gasteiger partial charge on any atom is -0.370 e. The molecule has 404 valence electrons. The van der Waals surface area contributed by atoms with E-state index in [2.05, 4.69) is 41.9 Å². The van der Waals surface area contributed by atoms with E-state index in [0.717, 1.165) is 16.5 Å². The molecule has 1 fully saturated rings. The number of carbonyl (C=O) groups is 9. The zero-order chi connectivity index (χ0) is 54.0. The number of unbranched alkanes of at least 4 members (excludes halogenated alkanes) is 2. The van der Waals surface area contributed by atoms with E-state index >= 15 is 0 Å². The van der Waals surface area contributed by atoms with E-state index in [4.69, 9.17) is 28.7 Å². The van der Waals surface area contributed by atoms with Gasteiger partial charge in [-0.25, -0.2) is 0 Å². The lowest BCUT2D eigenvalue weighted by molar-refractivity contribution is -0.136. The van der Waals surface area contributed by atoms with Crippen LogP contribution in [0.15, 0.2) is 65.8 Å². The van der Waals surface area contributed by atoms with Crippen LogP contribution in [-0.4, -0.2) is 120 Å². The molecule has 0 aliphatic carbocycles. The molecule has 1 saturated heterocycles. The monoisotopic (exact) mass is 1030 g/mol. The topological polar surface area (TPSA) is 384 Å². The molecule has 1 aliphatic rings.